The highest BCUT2D eigenvalue weighted by Crippen LogP contribution is 2.38. The van der Waals surface area contributed by atoms with E-state index in [0.717, 1.165) is 12.8 Å². The third-order valence-electron chi connectivity index (χ3n) is 3.17. The number of methoxy groups -OCH3 is 1. The predicted molar refractivity (Wildman–Crippen MR) is 60.4 cm³/mol. The van der Waals surface area contributed by atoms with Gasteiger partial charge in [0.1, 0.15) is 5.82 Å². The van der Waals surface area contributed by atoms with Crippen LogP contribution in [0, 0.1) is 12.7 Å². The summed E-state index contributed by atoms with van der Waals surface area (Å²) in [5.41, 5.74) is 0.443. The predicted octanol–water partition coefficient (Wildman–Crippen LogP) is 1.99. The first kappa shape index (κ1) is 12.0. The molecule has 0 bridgehead atoms. The normalized spacial score (nSPS) is 16.7. The lowest BCUT2D eigenvalue weighted by Crippen LogP contribution is -2.13. The van der Waals surface area contributed by atoms with Gasteiger partial charge in [-0.25, -0.2) is 9.18 Å². The maximum Gasteiger partial charge on any atom is 0.338 e. The number of carbonyl (C=O) groups is 1. The van der Waals surface area contributed by atoms with Gasteiger partial charge in [-0.2, -0.15) is 0 Å². The fourth-order valence-electron chi connectivity index (χ4n) is 1.86. The second-order valence-corrected chi connectivity index (χ2v) is 4.64. The number of hydrogen-bond donors (Lipinski definition) is 1. The van der Waals surface area contributed by atoms with E-state index in [4.69, 9.17) is 0 Å². The maximum atomic E-state index is 13.6. The van der Waals surface area contributed by atoms with Crippen LogP contribution < -0.4 is 0 Å². The lowest BCUT2D eigenvalue weighted by atomic mass is 9.99. The molecule has 0 amide bonds. The maximum absolute atomic E-state index is 13.6. The molecule has 4 heteroatoms. The Labute approximate surface area is 99.2 Å². The number of hydrogen-bond acceptors (Lipinski definition) is 3. The fraction of sp³-hybridized carbons (Fsp3) is 0.462. The third kappa shape index (κ3) is 2.47. The summed E-state index contributed by atoms with van der Waals surface area (Å²) in [6.45, 7) is 1.54. The van der Waals surface area contributed by atoms with Gasteiger partial charge in [0.25, 0.3) is 0 Å². The molecule has 1 aliphatic carbocycles. The van der Waals surface area contributed by atoms with Crippen molar-refractivity contribution in [3.8, 4) is 0 Å². The molecule has 1 aliphatic rings. The first-order valence-electron chi connectivity index (χ1n) is 5.55. The minimum absolute atomic E-state index is 0.228. The monoisotopic (exact) mass is 238 g/mol. The molecule has 1 fully saturated rings. The second-order valence-electron chi connectivity index (χ2n) is 4.64. The lowest BCUT2D eigenvalue weighted by molar-refractivity contribution is 0.0598. The fourth-order valence-corrected chi connectivity index (χ4v) is 1.86. The summed E-state index contributed by atoms with van der Waals surface area (Å²) in [7, 11) is 1.26. The molecule has 1 N–H and O–H groups in total. The van der Waals surface area contributed by atoms with Crippen LogP contribution in [0.1, 0.15) is 34.3 Å². The van der Waals surface area contributed by atoms with Crippen molar-refractivity contribution in [3.05, 3.63) is 34.6 Å². The number of rotatable bonds is 3. The van der Waals surface area contributed by atoms with Gasteiger partial charge in [-0.05, 0) is 43.0 Å². The van der Waals surface area contributed by atoms with Gasteiger partial charge in [-0.3, -0.25) is 0 Å². The summed E-state index contributed by atoms with van der Waals surface area (Å²) in [5, 5.41) is 9.79. The Morgan fingerprint density at radius 1 is 1.53 bits per heavy atom. The van der Waals surface area contributed by atoms with Gasteiger partial charge < -0.3 is 9.84 Å². The second kappa shape index (κ2) is 4.11. The van der Waals surface area contributed by atoms with Crippen molar-refractivity contribution in [2.75, 3.05) is 7.11 Å². The molecule has 0 aromatic heterocycles. The molecule has 1 aromatic carbocycles. The average Bonchev–Trinajstić information content (AvgIpc) is 3.00. The van der Waals surface area contributed by atoms with Gasteiger partial charge >= 0.3 is 5.97 Å². The molecule has 0 saturated heterocycles. The van der Waals surface area contributed by atoms with Crippen LogP contribution in [-0.2, 0) is 11.2 Å². The molecule has 0 atom stereocenters. The van der Waals surface area contributed by atoms with E-state index in [1.165, 1.54) is 20.1 Å². The Hall–Kier alpha value is -1.42. The molecule has 3 nitrogen and oxygen atoms in total. The van der Waals surface area contributed by atoms with Crippen molar-refractivity contribution >= 4 is 5.97 Å². The van der Waals surface area contributed by atoms with E-state index in [0.29, 0.717) is 12.0 Å². The van der Waals surface area contributed by atoms with Crippen LogP contribution >= 0.6 is 0 Å². The quantitative estimate of drug-likeness (QED) is 0.819. The van der Waals surface area contributed by atoms with Crippen LogP contribution in [0.25, 0.3) is 0 Å². The van der Waals surface area contributed by atoms with Crippen LogP contribution in [-0.4, -0.2) is 23.8 Å². The van der Waals surface area contributed by atoms with Crippen LogP contribution in [0.15, 0.2) is 12.1 Å². The van der Waals surface area contributed by atoms with Gasteiger partial charge in [0.05, 0.1) is 18.3 Å². The highest BCUT2D eigenvalue weighted by Gasteiger charge is 2.40. The molecule has 2 rings (SSSR count). The van der Waals surface area contributed by atoms with E-state index in [-0.39, 0.29) is 11.1 Å². The topological polar surface area (TPSA) is 46.5 Å². The zero-order valence-electron chi connectivity index (χ0n) is 9.92. The smallest absolute Gasteiger partial charge is 0.338 e. The van der Waals surface area contributed by atoms with Gasteiger partial charge in [0.2, 0.25) is 0 Å². The number of ether oxygens (including phenoxy) is 1. The molecule has 0 spiro atoms. The van der Waals surface area contributed by atoms with Crippen molar-refractivity contribution in [3.63, 3.8) is 0 Å². The number of aliphatic hydroxyl groups is 1. The Bertz CT molecular complexity index is 464. The minimum Gasteiger partial charge on any atom is -0.465 e. The van der Waals surface area contributed by atoms with Gasteiger partial charge in [0, 0.05) is 6.42 Å². The first-order valence-corrected chi connectivity index (χ1v) is 5.55. The van der Waals surface area contributed by atoms with Crippen LogP contribution in [0.2, 0.25) is 0 Å². The van der Waals surface area contributed by atoms with E-state index in [2.05, 4.69) is 4.74 Å². The Morgan fingerprint density at radius 2 is 2.18 bits per heavy atom. The molecule has 92 valence electrons. The van der Waals surface area contributed by atoms with Gasteiger partial charge in [0.15, 0.2) is 0 Å². The van der Waals surface area contributed by atoms with Gasteiger partial charge in [-0.15, -0.1) is 0 Å². The zero-order valence-corrected chi connectivity index (χ0v) is 9.92. The third-order valence-corrected chi connectivity index (χ3v) is 3.17. The molecular formula is C13H15FO3. The summed E-state index contributed by atoms with van der Waals surface area (Å²) in [6, 6.07) is 2.97. The standard InChI is InChI=1S/C13H15FO3/c1-8-10(12(15)17-2)5-9(6-11(8)14)7-13(16)3-4-13/h5-6,16H,3-4,7H2,1-2H3. The zero-order chi connectivity index (χ0) is 12.6. The molecule has 0 aliphatic heterocycles. The van der Waals surface area contributed by atoms with E-state index in [9.17, 15) is 14.3 Å². The first-order chi connectivity index (χ1) is 7.95. The molecule has 0 unspecified atom stereocenters. The van der Waals surface area contributed by atoms with E-state index in [1.807, 2.05) is 0 Å². The van der Waals surface area contributed by atoms with Crippen molar-refractivity contribution in [1.82, 2.24) is 0 Å². The number of esters is 1. The molecule has 1 saturated carbocycles. The van der Waals surface area contributed by atoms with Crippen molar-refractivity contribution in [1.29, 1.82) is 0 Å². The number of benzene rings is 1. The lowest BCUT2D eigenvalue weighted by Gasteiger charge is -2.11. The van der Waals surface area contributed by atoms with Crippen molar-refractivity contribution < 1.29 is 19.0 Å². The average molecular weight is 238 g/mol. The SMILES string of the molecule is COC(=O)c1cc(CC2(O)CC2)cc(F)c1C. The summed E-state index contributed by atoms with van der Waals surface area (Å²) < 4.78 is 18.2. The van der Waals surface area contributed by atoms with Crippen LogP contribution in [0.4, 0.5) is 4.39 Å². The molecular weight excluding hydrogens is 223 g/mol. The van der Waals surface area contributed by atoms with Crippen LogP contribution in [0.5, 0.6) is 0 Å². The Morgan fingerprint density at radius 3 is 2.71 bits per heavy atom. The Kier molecular flexibility index (Phi) is 2.91. The summed E-state index contributed by atoms with van der Waals surface area (Å²) >= 11 is 0. The van der Waals surface area contributed by atoms with E-state index in [1.54, 1.807) is 6.07 Å². The number of carbonyl (C=O) groups excluding carboxylic acids is 1. The van der Waals surface area contributed by atoms with Crippen LogP contribution in [0.3, 0.4) is 0 Å². The molecule has 17 heavy (non-hydrogen) atoms. The van der Waals surface area contributed by atoms with Crippen molar-refractivity contribution in [2.24, 2.45) is 0 Å². The molecule has 1 aromatic rings. The number of halogens is 1. The van der Waals surface area contributed by atoms with Crippen molar-refractivity contribution in [2.45, 2.75) is 31.8 Å². The Balaban J connectivity index is 2.35. The summed E-state index contributed by atoms with van der Waals surface area (Å²) in [4.78, 5) is 11.5. The highest BCUT2D eigenvalue weighted by molar-refractivity contribution is 5.91. The minimum atomic E-state index is -0.699. The van der Waals surface area contributed by atoms with Gasteiger partial charge in [-0.1, -0.05) is 0 Å². The molecule has 0 radical (unpaired) electrons. The summed E-state index contributed by atoms with van der Waals surface area (Å²) in [5.74, 6) is -0.988. The van der Waals surface area contributed by atoms with E-state index >= 15 is 0 Å². The van der Waals surface area contributed by atoms with E-state index < -0.39 is 17.4 Å². The molecule has 0 heterocycles. The highest BCUT2D eigenvalue weighted by atomic mass is 19.1. The largest absolute Gasteiger partial charge is 0.465 e. The summed E-state index contributed by atoms with van der Waals surface area (Å²) in [6.07, 6.45) is 1.85.